The average Bonchev–Trinajstić information content (AvgIpc) is 3.08. The highest BCUT2D eigenvalue weighted by Gasteiger charge is 2.32. The second kappa shape index (κ2) is 6.83. The van der Waals surface area contributed by atoms with Gasteiger partial charge in [-0.3, -0.25) is 4.79 Å². The van der Waals surface area contributed by atoms with Crippen LogP contribution in [0.2, 0.25) is 0 Å². The highest BCUT2D eigenvalue weighted by molar-refractivity contribution is 7.15. The Bertz CT molecular complexity index is 726. The van der Waals surface area contributed by atoms with Gasteiger partial charge >= 0.3 is 5.97 Å². The molecule has 0 saturated heterocycles. The van der Waals surface area contributed by atoms with E-state index in [0.717, 1.165) is 18.4 Å². The molecule has 0 bridgehead atoms. The van der Waals surface area contributed by atoms with Crippen molar-refractivity contribution in [1.82, 2.24) is 0 Å². The zero-order chi connectivity index (χ0) is 16.2. The van der Waals surface area contributed by atoms with E-state index in [1.807, 2.05) is 5.38 Å². The third-order valence-electron chi connectivity index (χ3n) is 3.50. The van der Waals surface area contributed by atoms with Crippen LogP contribution in [0.15, 0.2) is 34.3 Å². The van der Waals surface area contributed by atoms with Crippen molar-refractivity contribution in [3.8, 4) is 0 Å². The lowest BCUT2D eigenvalue weighted by Crippen LogP contribution is -2.13. The zero-order valence-corrected chi connectivity index (χ0v) is 13.5. The number of carbonyl (C=O) groups excluding carboxylic acids is 2. The fourth-order valence-electron chi connectivity index (χ4n) is 2.27. The number of esters is 1. The predicted octanol–water partition coefficient (Wildman–Crippen LogP) is 4.05. The minimum atomic E-state index is -0.374. The van der Waals surface area contributed by atoms with Crippen LogP contribution >= 0.6 is 11.3 Å². The molecule has 2 aromatic heterocycles. The summed E-state index contributed by atoms with van der Waals surface area (Å²) in [4.78, 5) is 24.3. The molecule has 1 fully saturated rings. The highest BCUT2D eigenvalue weighted by atomic mass is 32.1. The normalized spacial score (nSPS) is 14.1. The first-order valence-corrected chi connectivity index (χ1v) is 8.38. The SMILES string of the molecule is CCOC(=O)c1c(C2CC2)csc1NC(=O)/C=C/c1ccco1. The summed E-state index contributed by atoms with van der Waals surface area (Å²) >= 11 is 1.36. The number of furan rings is 1. The quantitative estimate of drug-likeness (QED) is 0.640. The average molecular weight is 331 g/mol. The smallest absolute Gasteiger partial charge is 0.341 e. The molecule has 2 aromatic rings. The van der Waals surface area contributed by atoms with Crippen molar-refractivity contribution in [2.24, 2.45) is 0 Å². The lowest BCUT2D eigenvalue weighted by molar-refractivity contribution is -0.111. The molecule has 120 valence electrons. The van der Waals surface area contributed by atoms with Crippen LogP contribution in [0.1, 0.15) is 47.4 Å². The van der Waals surface area contributed by atoms with E-state index < -0.39 is 0 Å². The number of rotatable bonds is 6. The van der Waals surface area contributed by atoms with Crippen LogP contribution in [0.25, 0.3) is 6.08 Å². The molecular formula is C17H17NO4S. The minimum absolute atomic E-state index is 0.309. The van der Waals surface area contributed by atoms with E-state index in [1.165, 1.54) is 23.7 Å². The molecule has 1 aliphatic rings. The Labute approximate surface area is 137 Å². The molecule has 1 N–H and O–H groups in total. The highest BCUT2D eigenvalue weighted by Crippen LogP contribution is 2.46. The number of ether oxygens (including phenoxy) is 1. The van der Waals surface area contributed by atoms with Crippen molar-refractivity contribution >= 4 is 34.3 Å². The van der Waals surface area contributed by atoms with Crippen molar-refractivity contribution in [3.05, 3.63) is 46.7 Å². The summed E-state index contributed by atoms with van der Waals surface area (Å²) in [7, 11) is 0. The third kappa shape index (κ3) is 3.71. The predicted molar refractivity (Wildman–Crippen MR) is 88.6 cm³/mol. The van der Waals surface area contributed by atoms with E-state index in [4.69, 9.17) is 9.15 Å². The summed E-state index contributed by atoms with van der Waals surface area (Å²) in [6.07, 6.45) is 6.65. The van der Waals surface area contributed by atoms with Crippen molar-refractivity contribution in [2.75, 3.05) is 11.9 Å². The van der Waals surface area contributed by atoms with E-state index in [0.29, 0.717) is 28.8 Å². The van der Waals surface area contributed by atoms with Gasteiger partial charge in [0.25, 0.3) is 0 Å². The van der Waals surface area contributed by atoms with Crippen LogP contribution in [-0.4, -0.2) is 18.5 Å². The van der Waals surface area contributed by atoms with Crippen LogP contribution in [0.5, 0.6) is 0 Å². The maximum absolute atomic E-state index is 12.2. The van der Waals surface area contributed by atoms with Gasteiger partial charge in [-0.05, 0) is 54.8 Å². The van der Waals surface area contributed by atoms with Crippen LogP contribution in [0.4, 0.5) is 5.00 Å². The first kappa shape index (κ1) is 15.6. The summed E-state index contributed by atoms with van der Waals surface area (Å²) in [5.41, 5.74) is 1.48. The topological polar surface area (TPSA) is 68.5 Å². The lowest BCUT2D eigenvalue weighted by Gasteiger charge is -2.06. The molecule has 1 aliphatic carbocycles. The molecule has 0 radical (unpaired) electrons. The Morgan fingerprint density at radius 2 is 2.30 bits per heavy atom. The molecule has 2 heterocycles. The number of nitrogens with one attached hydrogen (secondary N) is 1. The van der Waals surface area contributed by atoms with Gasteiger partial charge in [0.2, 0.25) is 5.91 Å². The molecule has 6 heteroatoms. The molecule has 3 rings (SSSR count). The Morgan fingerprint density at radius 1 is 1.48 bits per heavy atom. The van der Waals surface area contributed by atoms with Crippen LogP contribution < -0.4 is 5.32 Å². The summed E-state index contributed by atoms with van der Waals surface area (Å²) < 4.78 is 10.3. The zero-order valence-electron chi connectivity index (χ0n) is 12.7. The van der Waals surface area contributed by atoms with E-state index in [1.54, 1.807) is 25.1 Å². The monoisotopic (exact) mass is 331 g/mol. The van der Waals surface area contributed by atoms with Crippen LogP contribution in [0.3, 0.4) is 0 Å². The number of hydrogen-bond acceptors (Lipinski definition) is 5. The second-order valence-electron chi connectivity index (χ2n) is 5.23. The standard InChI is InChI=1S/C17H17NO4S/c1-2-21-17(20)15-13(11-5-6-11)10-23-16(15)18-14(19)8-7-12-4-3-9-22-12/h3-4,7-11H,2,5-6H2,1H3,(H,18,19)/b8-7+. The summed E-state index contributed by atoms with van der Waals surface area (Å²) in [6, 6.07) is 3.50. The maximum atomic E-state index is 12.2. The Hall–Kier alpha value is -2.34. The van der Waals surface area contributed by atoms with Gasteiger partial charge in [0.15, 0.2) is 0 Å². The Morgan fingerprint density at radius 3 is 2.96 bits per heavy atom. The molecule has 0 aromatic carbocycles. The number of thiophene rings is 1. The summed E-state index contributed by atoms with van der Waals surface area (Å²) in [5, 5.41) is 5.25. The number of carbonyl (C=O) groups is 2. The molecule has 23 heavy (non-hydrogen) atoms. The largest absolute Gasteiger partial charge is 0.465 e. The van der Waals surface area contributed by atoms with Crippen molar-refractivity contribution < 1.29 is 18.7 Å². The molecule has 0 spiro atoms. The molecule has 1 amide bonds. The van der Waals surface area contributed by atoms with E-state index in [9.17, 15) is 9.59 Å². The third-order valence-corrected chi connectivity index (χ3v) is 4.41. The van der Waals surface area contributed by atoms with Gasteiger partial charge in [-0.1, -0.05) is 0 Å². The van der Waals surface area contributed by atoms with E-state index in [-0.39, 0.29) is 11.9 Å². The number of hydrogen-bond donors (Lipinski definition) is 1. The molecule has 5 nitrogen and oxygen atoms in total. The van der Waals surface area contributed by atoms with E-state index in [2.05, 4.69) is 5.32 Å². The van der Waals surface area contributed by atoms with Crippen LogP contribution in [-0.2, 0) is 9.53 Å². The summed E-state index contributed by atoms with van der Waals surface area (Å²) in [5.74, 6) is 0.322. The van der Waals surface area contributed by atoms with Gasteiger partial charge in [0.1, 0.15) is 10.8 Å². The van der Waals surface area contributed by atoms with Crippen molar-refractivity contribution in [2.45, 2.75) is 25.7 Å². The van der Waals surface area contributed by atoms with Crippen molar-refractivity contribution in [3.63, 3.8) is 0 Å². The number of amides is 1. The van der Waals surface area contributed by atoms with Crippen molar-refractivity contribution in [1.29, 1.82) is 0 Å². The summed E-state index contributed by atoms with van der Waals surface area (Å²) in [6.45, 7) is 2.08. The molecule has 0 unspecified atom stereocenters. The lowest BCUT2D eigenvalue weighted by atomic mass is 10.1. The van der Waals surface area contributed by atoms with E-state index >= 15 is 0 Å². The van der Waals surface area contributed by atoms with Gasteiger partial charge in [-0.15, -0.1) is 11.3 Å². The molecule has 1 saturated carbocycles. The molecule has 0 aliphatic heterocycles. The Kier molecular flexibility index (Phi) is 4.62. The van der Waals surface area contributed by atoms with Gasteiger partial charge in [0.05, 0.1) is 18.4 Å². The van der Waals surface area contributed by atoms with Gasteiger partial charge in [-0.25, -0.2) is 4.79 Å². The second-order valence-corrected chi connectivity index (χ2v) is 6.11. The van der Waals surface area contributed by atoms with Gasteiger partial charge in [0, 0.05) is 6.08 Å². The van der Waals surface area contributed by atoms with Gasteiger partial charge < -0.3 is 14.5 Å². The molecular weight excluding hydrogens is 314 g/mol. The fraction of sp³-hybridized carbons (Fsp3) is 0.294. The Balaban J connectivity index is 1.76. The maximum Gasteiger partial charge on any atom is 0.341 e. The fourth-order valence-corrected chi connectivity index (χ4v) is 3.30. The minimum Gasteiger partial charge on any atom is -0.465 e. The van der Waals surface area contributed by atoms with Gasteiger partial charge in [-0.2, -0.15) is 0 Å². The molecule has 0 atom stereocenters. The first-order chi connectivity index (χ1) is 11.2. The van der Waals surface area contributed by atoms with Crippen LogP contribution in [0, 0.1) is 0 Å². The number of anilines is 1. The first-order valence-electron chi connectivity index (χ1n) is 7.50.